The van der Waals surface area contributed by atoms with Crippen LogP contribution in [0.3, 0.4) is 0 Å². The second-order valence-electron chi connectivity index (χ2n) is 10.0. The lowest BCUT2D eigenvalue weighted by Gasteiger charge is -2.29. The maximum absolute atomic E-state index is 13.5. The average molecular weight is 531 g/mol. The molecule has 0 saturated carbocycles. The maximum atomic E-state index is 13.5. The summed E-state index contributed by atoms with van der Waals surface area (Å²) in [5, 5.41) is 19.3. The van der Waals surface area contributed by atoms with Gasteiger partial charge in [0, 0.05) is 31.3 Å². The van der Waals surface area contributed by atoms with Gasteiger partial charge in [0.1, 0.15) is 18.2 Å². The molecule has 9 heteroatoms. The van der Waals surface area contributed by atoms with Gasteiger partial charge in [-0.3, -0.25) is 4.90 Å². The van der Waals surface area contributed by atoms with Gasteiger partial charge >= 0.3 is 0 Å². The van der Waals surface area contributed by atoms with Crippen molar-refractivity contribution in [2.75, 3.05) is 19.7 Å². The van der Waals surface area contributed by atoms with Gasteiger partial charge in [0.05, 0.1) is 35.9 Å². The number of halogens is 1. The van der Waals surface area contributed by atoms with Crippen LogP contribution in [0.2, 0.25) is 0 Å². The van der Waals surface area contributed by atoms with Crippen LogP contribution in [0.15, 0.2) is 66.7 Å². The third-order valence-corrected chi connectivity index (χ3v) is 7.32. The van der Waals surface area contributed by atoms with Crippen molar-refractivity contribution >= 4 is 16.6 Å². The molecule has 202 valence electrons. The van der Waals surface area contributed by atoms with Gasteiger partial charge in [-0.2, -0.15) is 0 Å². The molecule has 8 nitrogen and oxygen atoms in total. The highest BCUT2D eigenvalue weighted by Gasteiger charge is 2.24. The Balaban J connectivity index is 1.15. The Labute approximate surface area is 226 Å². The number of pyridine rings is 1. The molecule has 0 unspecified atom stereocenters. The summed E-state index contributed by atoms with van der Waals surface area (Å²) in [7, 11) is 0. The Morgan fingerprint density at radius 1 is 1.08 bits per heavy atom. The summed E-state index contributed by atoms with van der Waals surface area (Å²) in [5.74, 6) is 1.17. The number of imidazole rings is 1. The van der Waals surface area contributed by atoms with Crippen LogP contribution in [0.5, 0.6) is 5.88 Å². The van der Waals surface area contributed by atoms with E-state index >= 15 is 0 Å². The lowest BCUT2D eigenvalue weighted by atomic mass is 10.0. The van der Waals surface area contributed by atoms with Gasteiger partial charge in [-0.25, -0.2) is 14.4 Å². The Kier molecular flexibility index (Phi) is 7.38. The van der Waals surface area contributed by atoms with Gasteiger partial charge < -0.3 is 24.3 Å². The van der Waals surface area contributed by atoms with Crippen molar-refractivity contribution in [2.24, 2.45) is 0 Å². The zero-order valence-electron chi connectivity index (χ0n) is 21.5. The first-order valence-electron chi connectivity index (χ1n) is 13.2. The van der Waals surface area contributed by atoms with Crippen LogP contribution >= 0.6 is 0 Å². The summed E-state index contributed by atoms with van der Waals surface area (Å²) >= 11 is 0. The van der Waals surface area contributed by atoms with Gasteiger partial charge in [-0.1, -0.05) is 30.3 Å². The molecule has 0 amide bonds. The zero-order chi connectivity index (χ0) is 26.8. The van der Waals surface area contributed by atoms with Crippen LogP contribution in [0, 0.1) is 5.82 Å². The molecular formula is C30H31FN4O4. The van der Waals surface area contributed by atoms with Crippen LogP contribution in [-0.4, -0.2) is 55.4 Å². The lowest BCUT2D eigenvalue weighted by Crippen LogP contribution is -2.33. The molecule has 6 rings (SSSR count). The summed E-state index contributed by atoms with van der Waals surface area (Å²) in [6.45, 7) is 4.01. The van der Waals surface area contributed by atoms with Crippen LogP contribution in [0.25, 0.3) is 16.6 Å². The second-order valence-corrected chi connectivity index (χ2v) is 10.0. The predicted molar refractivity (Wildman–Crippen MR) is 144 cm³/mol. The number of aromatic nitrogens is 3. The van der Waals surface area contributed by atoms with Crippen molar-refractivity contribution in [3.05, 3.63) is 95.2 Å². The third-order valence-electron chi connectivity index (χ3n) is 7.32. The largest absolute Gasteiger partial charge is 0.473 e. The minimum atomic E-state index is -1.52. The third kappa shape index (κ3) is 5.86. The van der Waals surface area contributed by atoms with Gasteiger partial charge in [-0.05, 0) is 54.3 Å². The number of fused-ring (bicyclic) bond motifs is 1. The molecule has 1 fully saturated rings. The van der Waals surface area contributed by atoms with Crippen LogP contribution in [-0.2, 0) is 24.4 Å². The number of rotatable bonds is 9. The minimum Gasteiger partial charge on any atom is -0.473 e. The molecule has 1 saturated heterocycles. The maximum Gasteiger partial charge on any atom is 0.214 e. The van der Waals surface area contributed by atoms with E-state index in [1.165, 1.54) is 17.7 Å². The average Bonchev–Trinajstić information content (AvgIpc) is 3.26. The Bertz CT molecular complexity index is 1500. The molecular weight excluding hydrogens is 499 g/mol. The number of ether oxygens (including phenoxy) is 2. The van der Waals surface area contributed by atoms with Crippen molar-refractivity contribution in [3.63, 3.8) is 0 Å². The fourth-order valence-electron chi connectivity index (χ4n) is 5.05. The number of nitrogens with zero attached hydrogens (tertiary/aromatic N) is 4. The summed E-state index contributed by atoms with van der Waals surface area (Å²) in [6.07, 6.45) is 2.68. The van der Waals surface area contributed by atoms with Crippen molar-refractivity contribution < 1.29 is 24.1 Å². The Morgan fingerprint density at radius 3 is 2.69 bits per heavy atom. The molecule has 4 heterocycles. The van der Waals surface area contributed by atoms with Gasteiger partial charge in [0.15, 0.2) is 6.29 Å². The van der Waals surface area contributed by atoms with E-state index in [2.05, 4.69) is 20.5 Å². The van der Waals surface area contributed by atoms with E-state index in [0.717, 1.165) is 60.7 Å². The highest BCUT2D eigenvalue weighted by atomic mass is 19.1. The monoisotopic (exact) mass is 530 g/mol. The number of aliphatic hydroxyl groups is 2. The first-order valence-corrected chi connectivity index (χ1v) is 13.2. The van der Waals surface area contributed by atoms with Crippen molar-refractivity contribution in [3.8, 4) is 5.88 Å². The molecule has 2 N–H and O–H groups in total. The van der Waals surface area contributed by atoms with Gasteiger partial charge in [0.2, 0.25) is 5.88 Å². The predicted octanol–water partition coefficient (Wildman–Crippen LogP) is 4.21. The molecule has 0 aliphatic carbocycles. The molecule has 0 radical (unpaired) electrons. The zero-order valence-corrected chi connectivity index (χ0v) is 21.5. The molecule has 2 aromatic carbocycles. The van der Waals surface area contributed by atoms with E-state index < -0.39 is 6.29 Å². The van der Waals surface area contributed by atoms with Crippen molar-refractivity contribution in [1.29, 1.82) is 0 Å². The van der Waals surface area contributed by atoms with Crippen LogP contribution < -0.4 is 4.74 Å². The van der Waals surface area contributed by atoms with E-state index in [0.29, 0.717) is 24.5 Å². The number of aliphatic hydroxyl groups excluding tert-OH is 1. The number of hydrogen-bond acceptors (Lipinski definition) is 7. The summed E-state index contributed by atoms with van der Waals surface area (Å²) in [5.41, 5.74) is 4.98. The van der Waals surface area contributed by atoms with Crippen molar-refractivity contribution in [1.82, 2.24) is 19.4 Å². The number of benzene rings is 2. The first-order chi connectivity index (χ1) is 19.0. The summed E-state index contributed by atoms with van der Waals surface area (Å²) in [6, 6.07) is 17.5. The van der Waals surface area contributed by atoms with Gasteiger partial charge in [0.25, 0.3) is 0 Å². The number of hydrogen-bond donors (Lipinski definition) is 2. The molecule has 0 spiro atoms. The van der Waals surface area contributed by atoms with E-state index in [4.69, 9.17) is 14.5 Å². The second kappa shape index (κ2) is 11.2. The molecule has 1 atom stereocenters. The fraction of sp³-hybridized carbons (Fsp3) is 0.333. The summed E-state index contributed by atoms with van der Waals surface area (Å²) in [4.78, 5) is 11.9. The van der Waals surface area contributed by atoms with Gasteiger partial charge in [-0.15, -0.1) is 0 Å². The normalized spacial score (nSPS) is 17.8. The summed E-state index contributed by atoms with van der Waals surface area (Å²) < 4.78 is 27.1. The molecule has 39 heavy (non-hydrogen) atoms. The molecule has 2 aliphatic rings. The Morgan fingerprint density at radius 2 is 1.95 bits per heavy atom. The quantitative estimate of drug-likeness (QED) is 0.313. The van der Waals surface area contributed by atoms with Crippen LogP contribution in [0.1, 0.15) is 41.8 Å². The van der Waals surface area contributed by atoms with E-state index in [1.54, 1.807) is 18.2 Å². The molecule has 4 aromatic rings. The topological polar surface area (TPSA) is 92.9 Å². The van der Waals surface area contributed by atoms with E-state index in [9.17, 15) is 14.6 Å². The van der Waals surface area contributed by atoms with Crippen molar-refractivity contribution in [2.45, 2.75) is 44.9 Å². The smallest absolute Gasteiger partial charge is 0.214 e. The SMILES string of the molecule is OC(O)c1ccc2nc(CN3CC=C(c4cccc(OCc5cccc(F)c5)n4)CC3)n(C[C@@H]3CCO3)c2c1. The highest BCUT2D eigenvalue weighted by Crippen LogP contribution is 2.27. The molecule has 2 aromatic heterocycles. The van der Waals surface area contributed by atoms with E-state index in [1.807, 2.05) is 30.3 Å². The molecule has 2 aliphatic heterocycles. The minimum absolute atomic E-state index is 0.151. The molecule has 0 bridgehead atoms. The highest BCUT2D eigenvalue weighted by molar-refractivity contribution is 5.77. The lowest BCUT2D eigenvalue weighted by molar-refractivity contribution is -0.0592. The standard InChI is InChI=1S/C30H31FN4O4/c31-23-4-1-3-20(15-23)19-39-29-6-2-5-25(33-29)21-9-12-34(13-10-21)18-28-32-26-8-7-22(30(36)37)16-27(26)35(28)17-24-11-14-38-24/h1-9,15-16,24,30,36-37H,10-14,17-19H2/t24-/m0/s1. The Hall–Kier alpha value is -3.63. The first kappa shape index (κ1) is 25.6. The van der Waals surface area contributed by atoms with Crippen LogP contribution in [0.4, 0.5) is 4.39 Å². The fourth-order valence-corrected chi connectivity index (χ4v) is 5.05. The van der Waals surface area contributed by atoms with E-state index in [-0.39, 0.29) is 18.5 Å².